The van der Waals surface area contributed by atoms with Gasteiger partial charge in [0.15, 0.2) is 0 Å². The third-order valence-corrected chi connectivity index (χ3v) is 5.31. The van der Waals surface area contributed by atoms with Gasteiger partial charge in [0.2, 0.25) is 11.8 Å². The number of nitrogens with one attached hydrogen (secondary N) is 1. The third kappa shape index (κ3) is 6.34. The van der Waals surface area contributed by atoms with Gasteiger partial charge in [-0.1, -0.05) is 12.1 Å². The quantitative estimate of drug-likeness (QED) is 0.740. The number of piperidine rings is 1. The Morgan fingerprint density at radius 1 is 1.24 bits per heavy atom. The van der Waals surface area contributed by atoms with Crippen LogP contribution in [0.4, 0.5) is 0 Å². The number of hydrogen-bond acceptors (Lipinski definition) is 4. The Kier molecular flexibility index (Phi) is 7.27. The number of likely N-dealkylation sites (tertiary alicyclic amines) is 1. The van der Waals surface area contributed by atoms with Crippen LogP contribution in [0.1, 0.15) is 30.5 Å². The molecule has 156 valence electrons. The topological polar surface area (TPSA) is 76.5 Å². The lowest BCUT2D eigenvalue weighted by Crippen LogP contribution is -2.44. The van der Waals surface area contributed by atoms with Gasteiger partial charge in [0, 0.05) is 38.8 Å². The number of aryl methyl sites for hydroxylation is 2. The molecule has 1 fully saturated rings. The molecule has 1 unspecified atom stereocenters. The van der Waals surface area contributed by atoms with Gasteiger partial charge >= 0.3 is 0 Å². The summed E-state index contributed by atoms with van der Waals surface area (Å²) in [6, 6.07) is 9.46. The molecule has 2 amide bonds. The van der Waals surface area contributed by atoms with Crippen LogP contribution in [0.15, 0.2) is 36.5 Å². The van der Waals surface area contributed by atoms with E-state index < -0.39 is 0 Å². The molecule has 29 heavy (non-hydrogen) atoms. The van der Waals surface area contributed by atoms with E-state index in [0.717, 1.165) is 36.4 Å². The number of aromatic nitrogens is 2. The Bertz CT molecular complexity index is 816. The summed E-state index contributed by atoms with van der Waals surface area (Å²) in [6.07, 6.45) is 4.72. The molecule has 0 aliphatic carbocycles. The van der Waals surface area contributed by atoms with Gasteiger partial charge in [-0.15, -0.1) is 0 Å². The van der Waals surface area contributed by atoms with Crippen LogP contribution >= 0.6 is 0 Å². The molecule has 0 radical (unpaired) electrons. The van der Waals surface area contributed by atoms with Crippen molar-refractivity contribution in [3.63, 3.8) is 0 Å². The SMILES string of the molecule is COc1ccc(CC(=O)NCC2CCCN(C(=O)CCn3ccc(C)n3)C2)cc1. The first kappa shape index (κ1) is 20.9. The standard InChI is InChI=1S/C22H30N4O3/c1-17-9-12-26(24-17)13-10-22(28)25-11-3-4-19(16-25)15-23-21(27)14-18-5-7-20(29-2)8-6-18/h5-9,12,19H,3-4,10-11,13-16H2,1-2H3,(H,23,27). The fourth-order valence-corrected chi connectivity index (χ4v) is 3.66. The molecule has 1 saturated heterocycles. The second-order valence-corrected chi connectivity index (χ2v) is 7.65. The molecule has 0 bridgehead atoms. The Labute approximate surface area is 172 Å². The lowest BCUT2D eigenvalue weighted by atomic mass is 9.97. The van der Waals surface area contributed by atoms with Crippen molar-refractivity contribution in [3.8, 4) is 5.75 Å². The Morgan fingerprint density at radius 3 is 2.72 bits per heavy atom. The van der Waals surface area contributed by atoms with E-state index in [1.807, 2.05) is 53.0 Å². The first-order valence-corrected chi connectivity index (χ1v) is 10.2. The summed E-state index contributed by atoms with van der Waals surface area (Å²) in [4.78, 5) is 26.7. The predicted octanol–water partition coefficient (Wildman–Crippen LogP) is 2.19. The highest BCUT2D eigenvalue weighted by atomic mass is 16.5. The number of nitrogens with zero attached hydrogens (tertiary/aromatic N) is 3. The molecule has 1 aromatic heterocycles. The van der Waals surface area contributed by atoms with Crippen molar-refractivity contribution in [2.45, 2.75) is 39.2 Å². The molecule has 1 N–H and O–H groups in total. The summed E-state index contributed by atoms with van der Waals surface area (Å²) in [6.45, 7) is 4.66. The van der Waals surface area contributed by atoms with E-state index in [2.05, 4.69) is 10.4 Å². The molecule has 2 heterocycles. The summed E-state index contributed by atoms with van der Waals surface area (Å²) in [5.74, 6) is 1.25. The first-order chi connectivity index (χ1) is 14.0. The van der Waals surface area contributed by atoms with Crippen LogP contribution in [0.3, 0.4) is 0 Å². The molecule has 0 spiro atoms. The van der Waals surface area contributed by atoms with Crippen LogP contribution in [0.5, 0.6) is 5.75 Å². The monoisotopic (exact) mass is 398 g/mol. The number of hydrogen-bond donors (Lipinski definition) is 1. The molecule has 1 aliphatic rings. The van der Waals surface area contributed by atoms with Crippen LogP contribution in [-0.2, 0) is 22.6 Å². The second-order valence-electron chi connectivity index (χ2n) is 7.65. The molecule has 1 atom stereocenters. The van der Waals surface area contributed by atoms with Crippen LogP contribution in [-0.4, -0.2) is 53.2 Å². The lowest BCUT2D eigenvalue weighted by molar-refractivity contribution is -0.133. The fourth-order valence-electron chi connectivity index (χ4n) is 3.66. The number of amides is 2. The largest absolute Gasteiger partial charge is 0.497 e. The van der Waals surface area contributed by atoms with Gasteiger partial charge in [0.05, 0.1) is 19.2 Å². The van der Waals surface area contributed by atoms with Crippen molar-refractivity contribution in [2.75, 3.05) is 26.7 Å². The number of carbonyl (C=O) groups is 2. The van der Waals surface area contributed by atoms with Gasteiger partial charge in [-0.3, -0.25) is 14.3 Å². The van der Waals surface area contributed by atoms with Crippen molar-refractivity contribution in [1.29, 1.82) is 0 Å². The third-order valence-electron chi connectivity index (χ3n) is 5.31. The van der Waals surface area contributed by atoms with E-state index in [4.69, 9.17) is 4.74 Å². The Balaban J connectivity index is 1.40. The van der Waals surface area contributed by atoms with Gasteiger partial charge in [0.25, 0.3) is 0 Å². The van der Waals surface area contributed by atoms with Gasteiger partial charge < -0.3 is 15.0 Å². The Morgan fingerprint density at radius 2 is 2.03 bits per heavy atom. The molecule has 7 heteroatoms. The molecule has 2 aromatic rings. The zero-order valence-electron chi connectivity index (χ0n) is 17.3. The van der Waals surface area contributed by atoms with Crippen LogP contribution in [0.25, 0.3) is 0 Å². The highest BCUT2D eigenvalue weighted by Crippen LogP contribution is 2.17. The van der Waals surface area contributed by atoms with Gasteiger partial charge in [0.1, 0.15) is 5.75 Å². The van der Waals surface area contributed by atoms with Crippen LogP contribution < -0.4 is 10.1 Å². The van der Waals surface area contributed by atoms with E-state index >= 15 is 0 Å². The summed E-state index contributed by atoms with van der Waals surface area (Å²) in [7, 11) is 1.62. The minimum Gasteiger partial charge on any atom is -0.497 e. The first-order valence-electron chi connectivity index (χ1n) is 10.2. The van der Waals surface area contributed by atoms with Crippen molar-refractivity contribution >= 4 is 11.8 Å². The summed E-state index contributed by atoms with van der Waals surface area (Å²) in [5.41, 5.74) is 1.92. The maximum atomic E-state index is 12.5. The average molecular weight is 399 g/mol. The number of rotatable bonds is 8. The van der Waals surface area contributed by atoms with Gasteiger partial charge in [-0.25, -0.2) is 0 Å². The number of carbonyl (C=O) groups excluding carboxylic acids is 2. The van der Waals surface area contributed by atoms with E-state index in [9.17, 15) is 9.59 Å². The van der Waals surface area contributed by atoms with E-state index in [1.54, 1.807) is 7.11 Å². The van der Waals surface area contributed by atoms with E-state index in [0.29, 0.717) is 38.4 Å². The normalized spacial score (nSPS) is 16.5. The summed E-state index contributed by atoms with van der Waals surface area (Å²) < 4.78 is 6.95. The molecule has 1 aromatic carbocycles. The van der Waals surface area contributed by atoms with Crippen molar-refractivity contribution in [2.24, 2.45) is 5.92 Å². The van der Waals surface area contributed by atoms with Crippen molar-refractivity contribution < 1.29 is 14.3 Å². The molecular formula is C22H30N4O3. The zero-order valence-corrected chi connectivity index (χ0v) is 17.3. The number of methoxy groups -OCH3 is 1. The fraction of sp³-hybridized carbons (Fsp3) is 0.500. The Hall–Kier alpha value is -2.83. The minimum absolute atomic E-state index is 0.00710. The number of benzene rings is 1. The highest BCUT2D eigenvalue weighted by Gasteiger charge is 2.23. The summed E-state index contributed by atoms with van der Waals surface area (Å²) >= 11 is 0. The maximum absolute atomic E-state index is 12.5. The molecule has 1 aliphatic heterocycles. The molecular weight excluding hydrogens is 368 g/mol. The van der Waals surface area contributed by atoms with Crippen molar-refractivity contribution in [3.05, 3.63) is 47.8 Å². The average Bonchev–Trinajstić information content (AvgIpc) is 3.16. The predicted molar refractivity (Wildman–Crippen MR) is 111 cm³/mol. The minimum atomic E-state index is 0.00710. The van der Waals surface area contributed by atoms with Crippen LogP contribution in [0, 0.1) is 12.8 Å². The van der Waals surface area contributed by atoms with Crippen LogP contribution in [0.2, 0.25) is 0 Å². The van der Waals surface area contributed by atoms with Gasteiger partial charge in [-0.2, -0.15) is 5.10 Å². The highest BCUT2D eigenvalue weighted by molar-refractivity contribution is 5.78. The molecule has 7 nitrogen and oxygen atoms in total. The summed E-state index contributed by atoms with van der Waals surface area (Å²) in [5, 5.41) is 7.35. The zero-order chi connectivity index (χ0) is 20.6. The van der Waals surface area contributed by atoms with E-state index in [-0.39, 0.29) is 11.8 Å². The molecule has 0 saturated carbocycles. The smallest absolute Gasteiger partial charge is 0.224 e. The number of ether oxygens (including phenoxy) is 1. The maximum Gasteiger partial charge on any atom is 0.224 e. The van der Waals surface area contributed by atoms with Gasteiger partial charge in [-0.05, 0) is 49.4 Å². The second kappa shape index (κ2) is 10.1. The van der Waals surface area contributed by atoms with Crippen molar-refractivity contribution in [1.82, 2.24) is 20.0 Å². The van der Waals surface area contributed by atoms with E-state index in [1.165, 1.54) is 0 Å². The molecule has 3 rings (SSSR count). The lowest BCUT2D eigenvalue weighted by Gasteiger charge is -2.33.